The molecule has 1 heterocycles. The molecule has 1 N–H and O–H groups in total. The molecule has 0 radical (unpaired) electrons. The lowest BCUT2D eigenvalue weighted by Crippen LogP contribution is -2.33. The molecule has 0 aliphatic carbocycles. The Labute approximate surface area is 141 Å². The Morgan fingerprint density at radius 2 is 1.71 bits per heavy atom. The summed E-state index contributed by atoms with van der Waals surface area (Å²) in [6.45, 7) is 2.09. The van der Waals surface area contributed by atoms with Crippen molar-refractivity contribution in [2.24, 2.45) is 5.92 Å². The van der Waals surface area contributed by atoms with Crippen LogP contribution in [0.15, 0.2) is 59.5 Å². The van der Waals surface area contributed by atoms with Crippen molar-refractivity contribution in [3.8, 4) is 0 Å². The Morgan fingerprint density at radius 3 is 2.29 bits per heavy atom. The minimum absolute atomic E-state index is 0.195. The van der Waals surface area contributed by atoms with Gasteiger partial charge in [-0.05, 0) is 31.0 Å². The highest BCUT2D eigenvalue weighted by Gasteiger charge is 2.45. The standard InChI is InChI=1S/C18H19NO4S/c1-13-7-9-15(10-8-13)24(22,23)19-12-11-16(18(20)21)17(19)14-5-3-2-4-6-14/h2-10,16-17H,11-12H2,1H3,(H,20,21). The summed E-state index contributed by atoms with van der Waals surface area (Å²) in [5.74, 6) is -1.71. The van der Waals surface area contributed by atoms with Gasteiger partial charge in [0.25, 0.3) is 0 Å². The summed E-state index contributed by atoms with van der Waals surface area (Å²) in [5, 5.41) is 9.51. The van der Waals surface area contributed by atoms with Crippen molar-refractivity contribution >= 4 is 16.0 Å². The van der Waals surface area contributed by atoms with Gasteiger partial charge in [-0.15, -0.1) is 0 Å². The van der Waals surface area contributed by atoms with E-state index in [4.69, 9.17) is 0 Å². The molecule has 2 unspecified atom stereocenters. The molecule has 0 bridgehead atoms. The van der Waals surface area contributed by atoms with Crippen LogP contribution in [0.2, 0.25) is 0 Å². The maximum absolute atomic E-state index is 13.0. The number of carboxylic acid groups (broad SMARTS) is 1. The van der Waals surface area contributed by atoms with Crippen LogP contribution in [-0.4, -0.2) is 30.3 Å². The second-order valence-corrected chi connectivity index (χ2v) is 7.91. The van der Waals surface area contributed by atoms with E-state index in [9.17, 15) is 18.3 Å². The summed E-state index contributed by atoms with van der Waals surface area (Å²) >= 11 is 0. The van der Waals surface area contributed by atoms with E-state index in [0.29, 0.717) is 12.0 Å². The van der Waals surface area contributed by atoms with Gasteiger partial charge in [-0.2, -0.15) is 4.31 Å². The molecule has 1 aliphatic rings. The van der Waals surface area contributed by atoms with E-state index in [0.717, 1.165) is 5.56 Å². The molecule has 5 nitrogen and oxygen atoms in total. The Kier molecular flexibility index (Phi) is 4.43. The Morgan fingerprint density at radius 1 is 1.08 bits per heavy atom. The molecule has 0 amide bonds. The largest absolute Gasteiger partial charge is 0.481 e. The van der Waals surface area contributed by atoms with Gasteiger partial charge in [0, 0.05) is 6.54 Å². The number of carbonyl (C=O) groups is 1. The van der Waals surface area contributed by atoms with Crippen LogP contribution in [-0.2, 0) is 14.8 Å². The van der Waals surface area contributed by atoms with E-state index in [1.807, 2.05) is 13.0 Å². The zero-order chi connectivity index (χ0) is 17.3. The van der Waals surface area contributed by atoms with E-state index in [2.05, 4.69) is 0 Å². The molecule has 0 saturated carbocycles. The summed E-state index contributed by atoms with van der Waals surface area (Å²) in [7, 11) is -3.75. The van der Waals surface area contributed by atoms with Gasteiger partial charge in [0.05, 0.1) is 16.9 Å². The molecular formula is C18H19NO4S. The van der Waals surface area contributed by atoms with Crippen molar-refractivity contribution in [3.63, 3.8) is 0 Å². The third-order valence-electron chi connectivity index (χ3n) is 4.44. The molecule has 126 valence electrons. The van der Waals surface area contributed by atoms with Crippen LogP contribution in [0, 0.1) is 12.8 Å². The fraction of sp³-hybridized carbons (Fsp3) is 0.278. The van der Waals surface area contributed by atoms with Gasteiger partial charge in [0.1, 0.15) is 0 Å². The first-order valence-electron chi connectivity index (χ1n) is 7.77. The zero-order valence-electron chi connectivity index (χ0n) is 13.3. The van der Waals surface area contributed by atoms with Crippen LogP contribution in [0.5, 0.6) is 0 Å². The van der Waals surface area contributed by atoms with E-state index in [-0.39, 0.29) is 11.4 Å². The SMILES string of the molecule is Cc1ccc(S(=O)(=O)N2CCC(C(=O)O)C2c2ccccc2)cc1. The summed E-state index contributed by atoms with van der Waals surface area (Å²) < 4.78 is 27.4. The fourth-order valence-corrected chi connectivity index (χ4v) is 4.85. The minimum atomic E-state index is -3.75. The predicted molar refractivity (Wildman–Crippen MR) is 90.0 cm³/mol. The van der Waals surface area contributed by atoms with E-state index >= 15 is 0 Å². The normalized spacial score (nSPS) is 21.7. The number of hydrogen-bond acceptors (Lipinski definition) is 3. The van der Waals surface area contributed by atoms with E-state index in [1.54, 1.807) is 48.5 Å². The molecule has 2 aromatic rings. The van der Waals surface area contributed by atoms with Crippen molar-refractivity contribution in [2.75, 3.05) is 6.54 Å². The third-order valence-corrected chi connectivity index (χ3v) is 6.33. The Bertz CT molecular complexity index is 831. The van der Waals surface area contributed by atoms with Gasteiger partial charge < -0.3 is 5.11 Å². The van der Waals surface area contributed by atoms with E-state index < -0.39 is 28.0 Å². The van der Waals surface area contributed by atoms with Crippen molar-refractivity contribution in [1.29, 1.82) is 0 Å². The van der Waals surface area contributed by atoms with Gasteiger partial charge in [-0.25, -0.2) is 8.42 Å². The monoisotopic (exact) mass is 345 g/mol. The molecule has 24 heavy (non-hydrogen) atoms. The van der Waals surface area contributed by atoms with E-state index in [1.165, 1.54) is 4.31 Å². The van der Waals surface area contributed by atoms with Gasteiger partial charge >= 0.3 is 5.97 Å². The fourth-order valence-electron chi connectivity index (χ4n) is 3.19. The summed E-state index contributed by atoms with van der Waals surface area (Å²) in [5.41, 5.74) is 1.68. The number of aryl methyl sites for hydroxylation is 1. The Balaban J connectivity index is 2.05. The van der Waals surface area contributed by atoms with Crippen LogP contribution in [0.3, 0.4) is 0 Å². The minimum Gasteiger partial charge on any atom is -0.481 e. The average molecular weight is 345 g/mol. The van der Waals surface area contributed by atoms with Crippen LogP contribution >= 0.6 is 0 Å². The topological polar surface area (TPSA) is 74.7 Å². The summed E-state index contributed by atoms with van der Waals surface area (Å²) in [4.78, 5) is 11.8. The first-order chi connectivity index (χ1) is 11.4. The first kappa shape index (κ1) is 16.7. The molecule has 1 saturated heterocycles. The number of carboxylic acids is 1. The Hall–Kier alpha value is -2.18. The molecule has 1 fully saturated rings. The zero-order valence-corrected chi connectivity index (χ0v) is 14.1. The van der Waals surface area contributed by atoms with Crippen LogP contribution in [0.4, 0.5) is 0 Å². The maximum atomic E-state index is 13.0. The molecular weight excluding hydrogens is 326 g/mol. The lowest BCUT2D eigenvalue weighted by atomic mass is 9.94. The van der Waals surface area contributed by atoms with Crippen LogP contribution in [0.25, 0.3) is 0 Å². The van der Waals surface area contributed by atoms with Crippen LogP contribution in [0.1, 0.15) is 23.6 Å². The number of sulfonamides is 1. The highest BCUT2D eigenvalue weighted by molar-refractivity contribution is 7.89. The third kappa shape index (κ3) is 2.95. The average Bonchev–Trinajstić information content (AvgIpc) is 3.02. The van der Waals surface area contributed by atoms with Gasteiger partial charge in [-0.1, -0.05) is 48.0 Å². The van der Waals surface area contributed by atoms with Crippen molar-refractivity contribution < 1.29 is 18.3 Å². The molecule has 6 heteroatoms. The summed E-state index contributed by atoms with van der Waals surface area (Å²) in [6, 6.07) is 14.9. The summed E-state index contributed by atoms with van der Waals surface area (Å²) in [6.07, 6.45) is 0.306. The molecule has 2 atom stereocenters. The van der Waals surface area contributed by atoms with Gasteiger partial charge in [-0.3, -0.25) is 4.79 Å². The van der Waals surface area contributed by atoms with Crippen LogP contribution < -0.4 is 0 Å². The van der Waals surface area contributed by atoms with Crippen molar-refractivity contribution in [1.82, 2.24) is 4.31 Å². The lowest BCUT2D eigenvalue weighted by molar-refractivity contribution is -0.142. The molecule has 2 aromatic carbocycles. The smallest absolute Gasteiger partial charge is 0.308 e. The van der Waals surface area contributed by atoms with Gasteiger partial charge in [0.2, 0.25) is 10.0 Å². The molecule has 3 rings (SSSR count). The number of nitrogens with zero attached hydrogens (tertiary/aromatic N) is 1. The number of aliphatic carboxylic acids is 1. The second-order valence-electron chi connectivity index (χ2n) is 6.02. The predicted octanol–water partition coefficient (Wildman–Crippen LogP) is 2.83. The van der Waals surface area contributed by atoms with Crippen molar-refractivity contribution in [3.05, 3.63) is 65.7 Å². The van der Waals surface area contributed by atoms with Crippen molar-refractivity contribution in [2.45, 2.75) is 24.3 Å². The maximum Gasteiger partial charge on any atom is 0.308 e. The second kappa shape index (κ2) is 6.37. The first-order valence-corrected chi connectivity index (χ1v) is 9.21. The highest BCUT2D eigenvalue weighted by atomic mass is 32.2. The lowest BCUT2D eigenvalue weighted by Gasteiger charge is -2.26. The molecule has 0 spiro atoms. The quantitative estimate of drug-likeness (QED) is 0.925. The number of hydrogen-bond donors (Lipinski definition) is 1. The number of rotatable bonds is 4. The van der Waals surface area contributed by atoms with Gasteiger partial charge in [0.15, 0.2) is 0 Å². The molecule has 1 aliphatic heterocycles. The number of benzene rings is 2. The highest BCUT2D eigenvalue weighted by Crippen LogP contribution is 2.40. The molecule has 0 aromatic heterocycles.